The summed E-state index contributed by atoms with van der Waals surface area (Å²) in [6, 6.07) is 9.45. The molecule has 0 saturated carbocycles. The third-order valence-corrected chi connectivity index (χ3v) is 5.99. The molecule has 4 rings (SSSR count). The van der Waals surface area contributed by atoms with Crippen molar-refractivity contribution >= 4 is 40.7 Å². The van der Waals surface area contributed by atoms with Crippen LogP contribution in [0, 0.1) is 13.8 Å². The topological polar surface area (TPSA) is 134 Å². The van der Waals surface area contributed by atoms with Crippen LogP contribution in [0.15, 0.2) is 36.4 Å². The van der Waals surface area contributed by atoms with Crippen LogP contribution in [0.5, 0.6) is 0 Å². The first kappa shape index (κ1) is 26.2. The molecule has 2 aromatic heterocycles. The molecule has 0 aliphatic carbocycles. The average Bonchev–Trinajstić information content (AvgIpc) is 3.44. The first-order valence-corrected chi connectivity index (χ1v) is 11.6. The molecule has 10 nitrogen and oxygen atoms in total. The molecule has 0 saturated heterocycles. The number of hydrogen-bond donors (Lipinski definition) is 2. The number of hydrogen-bond acceptors (Lipinski definition) is 6. The van der Waals surface area contributed by atoms with E-state index in [1.54, 1.807) is 19.1 Å². The smallest absolute Gasteiger partial charge is 0.273 e. The summed E-state index contributed by atoms with van der Waals surface area (Å²) in [7, 11) is 0. The van der Waals surface area contributed by atoms with Crippen molar-refractivity contribution in [2.45, 2.75) is 33.4 Å². The maximum absolute atomic E-state index is 13.2. The molecule has 0 aliphatic rings. The Morgan fingerprint density at radius 2 is 1.84 bits per heavy atom. The number of halogens is 4. The van der Waals surface area contributed by atoms with E-state index in [9.17, 15) is 18.4 Å². The van der Waals surface area contributed by atoms with Gasteiger partial charge in [0, 0.05) is 15.6 Å². The van der Waals surface area contributed by atoms with Crippen LogP contribution < -0.4 is 11.1 Å². The fraction of sp³-hybridized carbons (Fsp3) is 0.217. The van der Waals surface area contributed by atoms with Crippen molar-refractivity contribution in [3.63, 3.8) is 0 Å². The summed E-state index contributed by atoms with van der Waals surface area (Å²) in [6.07, 6.45) is -2.78. The van der Waals surface area contributed by atoms with E-state index in [-0.39, 0.29) is 34.2 Å². The lowest BCUT2D eigenvalue weighted by atomic mass is 10.1. The van der Waals surface area contributed by atoms with Gasteiger partial charge in [-0.25, -0.2) is 8.78 Å². The second-order valence-electron chi connectivity index (χ2n) is 8.17. The van der Waals surface area contributed by atoms with E-state index in [1.165, 1.54) is 23.0 Å². The van der Waals surface area contributed by atoms with Crippen LogP contribution in [0.4, 0.5) is 14.5 Å². The minimum Gasteiger partial charge on any atom is -0.366 e. The Bertz CT molecular complexity index is 1500. The lowest BCUT2D eigenvalue weighted by molar-refractivity contribution is 0.0988. The number of carbonyl (C=O) groups is 2. The summed E-state index contributed by atoms with van der Waals surface area (Å²) in [5.41, 5.74) is 7.60. The Labute approximate surface area is 219 Å². The van der Waals surface area contributed by atoms with Gasteiger partial charge >= 0.3 is 0 Å². The number of nitrogens with one attached hydrogen (secondary N) is 1. The van der Waals surface area contributed by atoms with E-state index >= 15 is 0 Å². The number of aromatic nitrogens is 6. The van der Waals surface area contributed by atoms with Crippen LogP contribution in [-0.4, -0.2) is 48.2 Å². The second-order valence-corrected chi connectivity index (χ2v) is 9.01. The Morgan fingerprint density at radius 1 is 1.08 bits per heavy atom. The molecule has 37 heavy (non-hydrogen) atoms. The third-order valence-electron chi connectivity index (χ3n) is 5.35. The molecule has 0 bridgehead atoms. The first-order chi connectivity index (χ1) is 17.5. The number of anilines is 1. The molecule has 0 spiro atoms. The third kappa shape index (κ3) is 5.92. The van der Waals surface area contributed by atoms with Gasteiger partial charge in [-0.3, -0.25) is 14.3 Å². The summed E-state index contributed by atoms with van der Waals surface area (Å²) < 4.78 is 27.4. The fourth-order valence-corrected chi connectivity index (χ4v) is 4.03. The molecule has 0 fully saturated rings. The number of aryl methyl sites for hydroxylation is 2. The normalized spacial score (nSPS) is 11.2. The zero-order valence-electron chi connectivity index (χ0n) is 19.5. The maximum Gasteiger partial charge on any atom is 0.273 e. The van der Waals surface area contributed by atoms with Crippen LogP contribution in [0.2, 0.25) is 10.0 Å². The number of nitrogens with two attached hydrogens (primary N) is 1. The van der Waals surface area contributed by atoms with E-state index in [0.29, 0.717) is 22.0 Å². The quantitative estimate of drug-likeness (QED) is 0.340. The summed E-state index contributed by atoms with van der Waals surface area (Å²) in [5, 5.41) is 19.8. The Balaban J connectivity index is 1.61. The zero-order chi connectivity index (χ0) is 26.9. The van der Waals surface area contributed by atoms with Crippen molar-refractivity contribution in [3.8, 4) is 11.4 Å². The van der Waals surface area contributed by atoms with Crippen molar-refractivity contribution in [1.29, 1.82) is 0 Å². The van der Waals surface area contributed by atoms with Gasteiger partial charge in [0.05, 0.1) is 16.9 Å². The van der Waals surface area contributed by atoms with Crippen molar-refractivity contribution in [2.75, 3.05) is 5.32 Å². The highest BCUT2D eigenvalue weighted by atomic mass is 35.5. The van der Waals surface area contributed by atoms with Gasteiger partial charge in [0.15, 0.2) is 0 Å². The highest BCUT2D eigenvalue weighted by Crippen LogP contribution is 2.26. The molecular weight excluding hydrogens is 529 g/mol. The number of carbonyl (C=O) groups excluding carboxylic acids is 2. The summed E-state index contributed by atoms with van der Waals surface area (Å²) >= 11 is 12.1. The zero-order valence-corrected chi connectivity index (χ0v) is 21.1. The van der Waals surface area contributed by atoms with Gasteiger partial charge in [-0.1, -0.05) is 23.2 Å². The molecule has 4 aromatic rings. The first-order valence-electron chi connectivity index (χ1n) is 10.8. The van der Waals surface area contributed by atoms with Crippen LogP contribution >= 0.6 is 23.2 Å². The number of rotatable bonds is 8. The predicted octanol–water partition coefficient (Wildman–Crippen LogP) is 4.12. The minimum atomic E-state index is -2.78. The SMILES string of the molecule is Cc1cc(-c2nnn(Cc3cc(C(=O)Nc4c(C)cc(Cl)cc4C(N)=O)n(CC(F)F)n3)n2)ccc1Cl. The monoisotopic (exact) mass is 548 g/mol. The summed E-state index contributed by atoms with van der Waals surface area (Å²) in [6.45, 7) is 2.59. The summed E-state index contributed by atoms with van der Waals surface area (Å²) in [5.74, 6) is -1.25. The second kappa shape index (κ2) is 10.6. The van der Waals surface area contributed by atoms with Gasteiger partial charge in [0.25, 0.3) is 18.2 Å². The lowest BCUT2D eigenvalue weighted by Crippen LogP contribution is -2.23. The number of alkyl halides is 2. The van der Waals surface area contributed by atoms with Gasteiger partial charge in [0.2, 0.25) is 5.82 Å². The Kier molecular flexibility index (Phi) is 7.50. The predicted molar refractivity (Wildman–Crippen MR) is 133 cm³/mol. The van der Waals surface area contributed by atoms with Crippen molar-refractivity contribution in [2.24, 2.45) is 5.73 Å². The molecule has 14 heteroatoms. The maximum atomic E-state index is 13.2. The molecule has 3 N–H and O–H groups in total. The number of benzene rings is 2. The molecule has 0 unspecified atom stereocenters. The largest absolute Gasteiger partial charge is 0.366 e. The van der Waals surface area contributed by atoms with Crippen LogP contribution in [0.1, 0.15) is 37.7 Å². The van der Waals surface area contributed by atoms with Crippen molar-refractivity contribution in [1.82, 2.24) is 30.0 Å². The number of amides is 2. The Hall–Kier alpha value is -3.90. The van der Waals surface area contributed by atoms with Crippen LogP contribution in [0.25, 0.3) is 11.4 Å². The molecule has 0 aliphatic heterocycles. The van der Waals surface area contributed by atoms with Crippen molar-refractivity contribution in [3.05, 3.63) is 74.5 Å². The van der Waals surface area contributed by atoms with Crippen molar-refractivity contribution < 1.29 is 18.4 Å². The number of tetrazole rings is 1. The standard InChI is InChI=1S/C23H20Cl2F2N8O2/c1-11-5-13(3-4-17(11)25)22-30-33-35(32-22)9-15-8-18(34(31-15)10-19(26)27)23(37)29-20-12(2)6-14(24)7-16(20)21(28)36/h3-8,19H,9-10H2,1-2H3,(H2,28,36)(H,29,37). The average molecular weight is 549 g/mol. The summed E-state index contributed by atoms with van der Waals surface area (Å²) in [4.78, 5) is 26.2. The van der Waals surface area contributed by atoms with E-state index in [4.69, 9.17) is 28.9 Å². The highest BCUT2D eigenvalue weighted by molar-refractivity contribution is 6.31. The molecule has 0 atom stereocenters. The molecular formula is C23H20Cl2F2N8O2. The molecule has 2 heterocycles. The van der Waals surface area contributed by atoms with Gasteiger partial charge in [-0.05, 0) is 66.6 Å². The van der Waals surface area contributed by atoms with Gasteiger partial charge in [0.1, 0.15) is 18.8 Å². The molecule has 2 amide bonds. The molecule has 0 radical (unpaired) electrons. The molecule has 2 aromatic carbocycles. The van der Waals surface area contributed by atoms with E-state index in [2.05, 4.69) is 25.8 Å². The van der Waals surface area contributed by atoms with Gasteiger partial charge < -0.3 is 11.1 Å². The van der Waals surface area contributed by atoms with Gasteiger partial charge in [-0.2, -0.15) is 9.90 Å². The van der Waals surface area contributed by atoms with Gasteiger partial charge in [-0.15, -0.1) is 10.2 Å². The van der Waals surface area contributed by atoms with Crippen LogP contribution in [0.3, 0.4) is 0 Å². The Morgan fingerprint density at radius 3 is 2.51 bits per heavy atom. The van der Waals surface area contributed by atoms with E-state index < -0.39 is 24.8 Å². The fourth-order valence-electron chi connectivity index (χ4n) is 3.64. The van der Waals surface area contributed by atoms with E-state index in [1.807, 2.05) is 13.0 Å². The minimum absolute atomic E-state index is 0.0183. The highest BCUT2D eigenvalue weighted by Gasteiger charge is 2.22. The van der Waals surface area contributed by atoms with E-state index in [0.717, 1.165) is 10.2 Å². The molecule has 192 valence electrons. The number of nitrogens with zero attached hydrogens (tertiary/aromatic N) is 6. The number of primary amides is 1. The van der Waals surface area contributed by atoms with Crippen LogP contribution in [-0.2, 0) is 13.1 Å². The lowest BCUT2D eigenvalue weighted by Gasteiger charge is -2.13.